The summed E-state index contributed by atoms with van der Waals surface area (Å²) in [7, 11) is 0. The first-order valence-electron chi connectivity index (χ1n) is 10.4. The van der Waals surface area contributed by atoms with Gasteiger partial charge in [-0.1, -0.05) is 0 Å². The first kappa shape index (κ1) is 20.6. The average molecular weight is 443 g/mol. The number of aryl methyl sites for hydroxylation is 1. The van der Waals surface area contributed by atoms with Crippen molar-refractivity contribution in [3.63, 3.8) is 0 Å². The third kappa shape index (κ3) is 3.54. The number of halogens is 2. The molecule has 1 fully saturated rings. The molecule has 168 valence electrons. The third-order valence-corrected chi connectivity index (χ3v) is 5.86. The van der Waals surface area contributed by atoms with Gasteiger partial charge in [0.15, 0.2) is 11.2 Å². The maximum absolute atomic E-state index is 13.6. The number of carbonyl (C=O) groups is 1. The predicted molar refractivity (Wildman–Crippen MR) is 114 cm³/mol. The molecule has 1 saturated heterocycles. The predicted octanol–water partition coefficient (Wildman–Crippen LogP) is 3.09. The fourth-order valence-electron chi connectivity index (χ4n) is 4.12. The van der Waals surface area contributed by atoms with Crippen LogP contribution in [0.1, 0.15) is 28.4 Å². The van der Waals surface area contributed by atoms with Gasteiger partial charge < -0.3 is 19.7 Å². The normalized spacial score (nSPS) is 20.5. The highest BCUT2D eigenvalue weighted by molar-refractivity contribution is 6.09. The molecule has 3 aromatic rings. The second-order valence-corrected chi connectivity index (χ2v) is 8.38. The number of amides is 1. The minimum Gasteiger partial charge on any atom is -0.481 e. The number of nitrogens with one attached hydrogen (secondary N) is 1. The van der Waals surface area contributed by atoms with E-state index in [1.807, 2.05) is 6.92 Å². The maximum Gasteiger partial charge on any atom is 0.277 e. The molecule has 5 rings (SSSR count). The van der Waals surface area contributed by atoms with Crippen molar-refractivity contribution in [1.29, 1.82) is 0 Å². The van der Waals surface area contributed by atoms with Crippen LogP contribution in [0.5, 0.6) is 5.75 Å². The van der Waals surface area contributed by atoms with Crippen LogP contribution in [0.25, 0.3) is 5.65 Å². The number of carbonyl (C=O) groups excluding carboxylic acids is 1. The SMILES string of the molecule is Cc1cnc2c(C(=O)Nc3cc4c(cc3N3CCOCC3)OC(C)(C(F)F)C4)cnn2c1. The summed E-state index contributed by atoms with van der Waals surface area (Å²) >= 11 is 0. The molecule has 4 heterocycles. The van der Waals surface area contributed by atoms with Gasteiger partial charge >= 0.3 is 0 Å². The number of hydrogen-bond donors (Lipinski definition) is 1. The topological polar surface area (TPSA) is 81.0 Å². The second kappa shape index (κ2) is 7.70. The number of rotatable bonds is 4. The van der Waals surface area contributed by atoms with E-state index in [9.17, 15) is 13.6 Å². The Kier molecular flexibility index (Phi) is 4.96. The molecule has 0 spiro atoms. The number of fused-ring (bicyclic) bond motifs is 2. The fourth-order valence-corrected chi connectivity index (χ4v) is 4.12. The van der Waals surface area contributed by atoms with Gasteiger partial charge in [0, 0.05) is 43.5 Å². The van der Waals surface area contributed by atoms with E-state index in [1.54, 1.807) is 29.0 Å². The quantitative estimate of drug-likeness (QED) is 0.668. The molecule has 0 radical (unpaired) electrons. The van der Waals surface area contributed by atoms with Crippen molar-refractivity contribution in [2.24, 2.45) is 0 Å². The molecule has 10 heteroatoms. The van der Waals surface area contributed by atoms with Crippen LogP contribution >= 0.6 is 0 Å². The van der Waals surface area contributed by atoms with Crippen molar-refractivity contribution < 1.29 is 23.0 Å². The van der Waals surface area contributed by atoms with Gasteiger partial charge in [-0.05, 0) is 25.5 Å². The lowest BCUT2D eigenvalue weighted by molar-refractivity contribution is -0.0498. The zero-order valence-corrected chi connectivity index (χ0v) is 17.8. The Morgan fingerprint density at radius 1 is 1.25 bits per heavy atom. The van der Waals surface area contributed by atoms with Crippen LogP contribution in [0.15, 0.2) is 30.7 Å². The molecule has 0 saturated carbocycles. The van der Waals surface area contributed by atoms with E-state index >= 15 is 0 Å². The van der Waals surface area contributed by atoms with Crippen LogP contribution in [-0.2, 0) is 11.2 Å². The first-order valence-corrected chi connectivity index (χ1v) is 10.4. The second-order valence-electron chi connectivity index (χ2n) is 8.38. The van der Waals surface area contributed by atoms with E-state index in [1.165, 1.54) is 13.1 Å². The summed E-state index contributed by atoms with van der Waals surface area (Å²) in [6.45, 7) is 5.60. The number of hydrogen-bond acceptors (Lipinski definition) is 6. The van der Waals surface area contributed by atoms with E-state index in [0.29, 0.717) is 60.2 Å². The van der Waals surface area contributed by atoms with Gasteiger partial charge in [0.1, 0.15) is 11.3 Å². The van der Waals surface area contributed by atoms with Gasteiger partial charge in [-0.15, -0.1) is 0 Å². The highest BCUT2D eigenvalue weighted by atomic mass is 19.3. The number of ether oxygens (including phenoxy) is 2. The van der Waals surface area contributed by atoms with Crippen molar-refractivity contribution in [1.82, 2.24) is 14.6 Å². The van der Waals surface area contributed by atoms with Crippen LogP contribution in [0.2, 0.25) is 0 Å². The number of aromatic nitrogens is 3. The Bertz CT molecular complexity index is 1190. The minimum absolute atomic E-state index is 0.0593. The van der Waals surface area contributed by atoms with Crippen LogP contribution in [0, 0.1) is 6.92 Å². The number of nitrogens with zero attached hydrogens (tertiary/aromatic N) is 4. The summed E-state index contributed by atoms with van der Waals surface area (Å²) in [4.78, 5) is 19.5. The van der Waals surface area contributed by atoms with E-state index < -0.39 is 12.0 Å². The first-order chi connectivity index (χ1) is 15.3. The zero-order valence-electron chi connectivity index (χ0n) is 17.8. The van der Waals surface area contributed by atoms with Crippen LogP contribution in [-0.4, -0.2) is 58.8 Å². The summed E-state index contributed by atoms with van der Waals surface area (Å²) < 4.78 is 39.8. The molecule has 1 unspecified atom stereocenters. The summed E-state index contributed by atoms with van der Waals surface area (Å²) in [6, 6.07) is 3.47. The smallest absolute Gasteiger partial charge is 0.277 e. The molecule has 0 aliphatic carbocycles. The molecule has 2 aliphatic heterocycles. The van der Waals surface area contributed by atoms with E-state index in [2.05, 4.69) is 20.3 Å². The standard InChI is InChI=1S/C22H23F2N5O3/c1-13-10-25-19-15(11-26-29(19)12-13)20(30)27-16-7-14-9-22(2,21(23)24)32-18(14)8-17(16)28-3-5-31-6-4-28/h7-8,10-12,21H,3-6,9H2,1-2H3,(H,27,30). The molecular formula is C22H23F2N5O3. The van der Waals surface area contributed by atoms with Crippen molar-refractivity contribution in [3.05, 3.63) is 47.4 Å². The maximum atomic E-state index is 13.6. The lowest BCUT2D eigenvalue weighted by Gasteiger charge is -2.31. The average Bonchev–Trinajstić information content (AvgIpc) is 3.34. The Morgan fingerprint density at radius 3 is 2.78 bits per heavy atom. The minimum atomic E-state index is -2.63. The fraction of sp³-hybridized carbons (Fsp3) is 0.409. The Labute approximate surface area is 183 Å². The third-order valence-electron chi connectivity index (χ3n) is 5.86. The number of morpholine rings is 1. The summed E-state index contributed by atoms with van der Waals surface area (Å²) in [5.41, 5.74) is 1.97. The van der Waals surface area contributed by atoms with Gasteiger partial charge in [0.2, 0.25) is 0 Å². The van der Waals surface area contributed by atoms with E-state index in [4.69, 9.17) is 9.47 Å². The zero-order chi connectivity index (χ0) is 22.5. The molecule has 32 heavy (non-hydrogen) atoms. The molecule has 1 atom stereocenters. The van der Waals surface area contributed by atoms with Crippen LogP contribution in [0.4, 0.5) is 20.2 Å². The van der Waals surface area contributed by atoms with Crippen LogP contribution in [0.3, 0.4) is 0 Å². The van der Waals surface area contributed by atoms with Gasteiger partial charge in [0.25, 0.3) is 12.3 Å². The van der Waals surface area contributed by atoms with Crippen LogP contribution < -0.4 is 15.0 Å². The van der Waals surface area contributed by atoms with Crippen molar-refractivity contribution in [2.75, 3.05) is 36.5 Å². The highest BCUT2D eigenvalue weighted by Gasteiger charge is 2.44. The molecule has 8 nitrogen and oxygen atoms in total. The summed E-state index contributed by atoms with van der Waals surface area (Å²) in [6.07, 6.45) is 2.36. The lowest BCUT2D eigenvalue weighted by atomic mass is 9.99. The van der Waals surface area contributed by atoms with Crippen molar-refractivity contribution in [3.8, 4) is 5.75 Å². The number of anilines is 2. The molecular weight excluding hydrogens is 420 g/mol. The van der Waals surface area contributed by atoms with Gasteiger partial charge in [-0.3, -0.25) is 4.79 Å². The van der Waals surface area contributed by atoms with E-state index in [0.717, 1.165) is 5.56 Å². The molecule has 0 bridgehead atoms. The largest absolute Gasteiger partial charge is 0.481 e. The Hall–Kier alpha value is -3.27. The van der Waals surface area contributed by atoms with Crippen molar-refractivity contribution >= 4 is 22.9 Å². The Morgan fingerprint density at radius 2 is 2.03 bits per heavy atom. The number of benzene rings is 1. The molecule has 1 N–H and O–H groups in total. The highest BCUT2D eigenvalue weighted by Crippen LogP contribution is 2.44. The Balaban J connectivity index is 1.51. The lowest BCUT2D eigenvalue weighted by Crippen LogP contribution is -2.38. The number of alkyl halides is 2. The van der Waals surface area contributed by atoms with Crippen molar-refractivity contribution in [2.45, 2.75) is 32.3 Å². The monoisotopic (exact) mass is 443 g/mol. The summed E-state index contributed by atoms with van der Waals surface area (Å²) in [5.74, 6) is 0.0433. The molecule has 2 aromatic heterocycles. The van der Waals surface area contributed by atoms with Gasteiger partial charge in [-0.25, -0.2) is 18.3 Å². The van der Waals surface area contributed by atoms with Gasteiger partial charge in [0.05, 0.1) is 30.8 Å². The molecule has 1 amide bonds. The molecule has 1 aromatic carbocycles. The summed E-state index contributed by atoms with van der Waals surface area (Å²) in [5, 5.41) is 7.16. The van der Waals surface area contributed by atoms with Gasteiger partial charge in [-0.2, -0.15) is 5.10 Å². The van der Waals surface area contributed by atoms with E-state index in [-0.39, 0.29) is 12.3 Å². The molecule has 2 aliphatic rings.